The molecule has 10 nitrogen and oxygen atoms in total. The number of carbonyl (C=O) groups excluding carboxylic acids is 1. The molecule has 10 heteroatoms. The summed E-state index contributed by atoms with van der Waals surface area (Å²) in [5.41, 5.74) is 9.86. The van der Waals surface area contributed by atoms with E-state index in [1.807, 2.05) is 55.5 Å². The van der Waals surface area contributed by atoms with E-state index in [0.29, 0.717) is 71.8 Å². The molecule has 1 atom stereocenters. The van der Waals surface area contributed by atoms with Crippen LogP contribution >= 0.6 is 0 Å². The predicted octanol–water partition coefficient (Wildman–Crippen LogP) is 7.52. The van der Waals surface area contributed by atoms with Gasteiger partial charge in [-0.25, -0.2) is 9.78 Å². The molecule has 0 aliphatic carbocycles. The van der Waals surface area contributed by atoms with Gasteiger partial charge in [0.2, 0.25) is 5.88 Å². The lowest BCUT2D eigenvalue weighted by atomic mass is 9.89. The molecule has 0 saturated carbocycles. The van der Waals surface area contributed by atoms with Gasteiger partial charge in [0.05, 0.1) is 32.1 Å². The number of furan rings is 1. The molecule has 2 aromatic heterocycles. The van der Waals surface area contributed by atoms with Gasteiger partial charge in [0, 0.05) is 47.1 Å². The maximum atomic E-state index is 13.4. The Bertz CT molecular complexity index is 1970. The minimum Gasteiger partial charge on any atom is -0.507 e. The highest BCUT2D eigenvalue weighted by Crippen LogP contribution is 2.47. The summed E-state index contributed by atoms with van der Waals surface area (Å²) >= 11 is 0. The van der Waals surface area contributed by atoms with Crippen molar-refractivity contribution in [2.45, 2.75) is 46.6 Å². The second-order valence-electron chi connectivity index (χ2n) is 13.8. The summed E-state index contributed by atoms with van der Waals surface area (Å²) in [5.74, 6) is 0.402. The number of hydrogen-bond donors (Lipinski definition) is 2. The first-order chi connectivity index (χ1) is 24.1. The Morgan fingerprint density at radius 2 is 1.86 bits per heavy atom. The minimum absolute atomic E-state index is 0.0197. The molecule has 50 heavy (non-hydrogen) atoms. The largest absolute Gasteiger partial charge is 0.507 e. The first kappa shape index (κ1) is 34.9. The number of hydrogen-bond acceptors (Lipinski definition) is 10. The number of nitrogens with zero attached hydrogens (tertiary/aromatic N) is 2. The van der Waals surface area contributed by atoms with Gasteiger partial charge in [-0.3, -0.25) is 10.6 Å². The highest BCUT2D eigenvalue weighted by Gasteiger charge is 2.34. The van der Waals surface area contributed by atoms with Crippen molar-refractivity contribution in [3.05, 3.63) is 107 Å². The lowest BCUT2D eigenvalue weighted by Gasteiger charge is -2.36. The summed E-state index contributed by atoms with van der Waals surface area (Å²) < 4.78 is 29.3. The molecule has 1 saturated heterocycles. The number of carbonyl (C=O) groups is 1. The first-order valence-electron chi connectivity index (χ1n) is 17.0. The monoisotopic (exact) mass is 679 g/mol. The van der Waals surface area contributed by atoms with E-state index in [0.717, 1.165) is 24.0 Å². The molecule has 5 aromatic rings. The van der Waals surface area contributed by atoms with Crippen molar-refractivity contribution >= 4 is 27.7 Å². The van der Waals surface area contributed by atoms with Crippen LogP contribution in [0.1, 0.15) is 67.2 Å². The number of phenolic OH excluding ortho intramolecular Hbond substituents is 1. The number of pyridine rings is 1. The Kier molecular flexibility index (Phi) is 10.7. The van der Waals surface area contributed by atoms with Crippen LogP contribution in [0.15, 0.2) is 89.4 Å². The number of rotatable bonds is 12. The second-order valence-corrected chi connectivity index (χ2v) is 13.8. The number of phenols is 1. The molecule has 262 valence electrons. The van der Waals surface area contributed by atoms with E-state index < -0.39 is 12.0 Å². The van der Waals surface area contributed by atoms with Crippen molar-refractivity contribution in [3.8, 4) is 17.4 Å². The van der Waals surface area contributed by atoms with Crippen LogP contribution in [0.25, 0.3) is 21.7 Å². The molecule has 3 heterocycles. The SMILES string of the molecule is C/C(=C\Oc1cc(C(c2c(O)c3ccc(OCCC(C)(C)C)cc3c3occ(C(=O)OCN)c23)N2CCOCC2)ccn1)Cc1ccccc1. The fourth-order valence-electron chi connectivity index (χ4n) is 6.31. The van der Waals surface area contributed by atoms with Crippen LogP contribution in [0.4, 0.5) is 0 Å². The van der Waals surface area contributed by atoms with Gasteiger partial charge in [-0.2, -0.15) is 0 Å². The topological polar surface area (TPSA) is 130 Å². The van der Waals surface area contributed by atoms with E-state index in [4.69, 9.17) is 29.1 Å². The third-order valence-corrected chi connectivity index (χ3v) is 8.83. The van der Waals surface area contributed by atoms with E-state index in [1.54, 1.807) is 12.5 Å². The van der Waals surface area contributed by atoms with E-state index in [9.17, 15) is 9.90 Å². The molecule has 3 aromatic carbocycles. The smallest absolute Gasteiger partial charge is 0.343 e. The molecule has 3 N–H and O–H groups in total. The van der Waals surface area contributed by atoms with Crippen molar-refractivity contribution in [1.29, 1.82) is 0 Å². The van der Waals surface area contributed by atoms with Crippen LogP contribution in [-0.4, -0.2) is 60.6 Å². The van der Waals surface area contributed by atoms with E-state index in [2.05, 4.69) is 42.8 Å². The molecule has 1 unspecified atom stereocenters. The predicted molar refractivity (Wildman–Crippen MR) is 192 cm³/mol. The molecule has 0 spiro atoms. The Morgan fingerprint density at radius 3 is 2.60 bits per heavy atom. The maximum absolute atomic E-state index is 13.4. The van der Waals surface area contributed by atoms with Crippen LogP contribution in [0.5, 0.6) is 17.4 Å². The van der Waals surface area contributed by atoms with Gasteiger partial charge in [-0.1, -0.05) is 51.1 Å². The van der Waals surface area contributed by atoms with Crippen LogP contribution in [-0.2, 0) is 15.9 Å². The second kappa shape index (κ2) is 15.3. The maximum Gasteiger partial charge on any atom is 0.343 e. The number of ether oxygens (including phenoxy) is 4. The number of aromatic nitrogens is 1. The van der Waals surface area contributed by atoms with Gasteiger partial charge < -0.3 is 28.5 Å². The molecule has 1 aliphatic rings. The van der Waals surface area contributed by atoms with Crippen molar-refractivity contribution in [2.24, 2.45) is 11.1 Å². The quantitative estimate of drug-likeness (QED) is 0.0776. The van der Waals surface area contributed by atoms with Crippen molar-refractivity contribution in [3.63, 3.8) is 0 Å². The lowest BCUT2D eigenvalue weighted by Crippen LogP contribution is -2.39. The lowest BCUT2D eigenvalue weighted by molar-refractivity contribution is 0.0238. The summed E-state index contributed by atoms with van der Waals surface area (Å²) in [6.07, 6.45) is 6.38. The number of esters is 1. The summed E-state index contributed by atoms with van der Waals surface area (Å²) in [6, 6.07) is 18.9. The third kappa shape index (κ3) is 7.94. The average Bonchev–Trinajstić information content (AvgIpc) is 3.55. The van der Waals surface area contributed by atoms with Crippen LogP contribution < -0.4 is 15.2 Å². The number of nitrogens with two attached hydrogens (primary N) is 1. The number of benzene rings is 3. The fraction of sp³-hybridized carbons (Fsp3) is 0.350. The summed E-state index contributed by atoms with van der Waals surface area (Å²) in [4.78, 5) is 20.1. The molecule has 0 radical (unpaired) electrons. The van der Waals surface area contributed by atoms with Gasteiger partial charge in [-0.05, 0) is 66.1 Å². The molecular weight excluding hydrogens is 634 g/mol. The van der Waals surface area contributed by atoms with E-state index in [-0.39, 0.29) is 23.5 Å². The molecule has 0 amide bonds. The first-order valence-corrected chi connectivity index (χ1v) is 17.0. The number of allylic oxidation sites excluding steroid dienone is 1. The number of morpholine rings is 1. The molecule has 6 rings (SSSR count). The molecule has 0 bridgehead atoms. The summed E-state index contributed by atoms with van der Waals surface area (Å²) in [5, 5.41) is 13.9. The van der Waals surface area contributed by atoms with Gasteiger partial charge in [-0.15, -0.1) is 0 Å². The zero-order valence-corrected chi connectivity index (χ0v) is 29.1. The Hall–Kier alpha value is -4.90. The van der Waals surface area contributed by atoms with E-state index in [1.165, 1.54) is 11.8 Å². The standard InChI is InChI=1S/C40H45N3O7/c1-26(20-27-8-6-5-7-9-27)23-48-33-21-28(12-14-42-33)36(43-15-18-46-19-16-43)35-34-32(39(45)50-25-41)24-49-38(34)31-22-29(10-11-30(31)37(35)44)47-17-13-40(2,3)4/h5-12,14,21-24,36,44H,13,15-20,25,41H2,1-4H3/b26-23+. The normalized spacial score (nSPS) is 14.9. The van der Waals surface area contributed by atoms with Crippen LogP contribution in [0, 0.1) is 5.41 Å². The third-order valence-electron chi connectivity index (χ3n) is 8.83. The number of aromatic hydroxyl groups is 1. The zero-order chi connectivity index (χ0) is 35.3. The Balaban J connectivity index is 1.47. The van der Waals surface area contributed by atoms with Gasteiger partial charge in [0.15, 0.2) is 0 Å². The highest BCUT2D eigenvalue weighted by atomic mass is 16.5. The molecule has 1 fully saturated rings. The van der Waals surface area contributed by atoms with Crippen molar-refractivity contribution in [2.75, 3.05) is 39.6 Å². The minimum atomic E-state index is -0.651. The highest BCUT2D eigenvalue weighted by molar-refractivity contribution is 6.16. The van der Waals surface area contributed by atoms with Crippen molar-refractivity contribution in [1.82, 2.24) is 9.88 Å². The summed E-state index contributed by atoms with van der Waals surface area (Å²) in [7, 11) is 0. The van der Waals surface area contributed by atoms with Crippen LogP contribution in [0.3, 0.4) is 0 Å². The molecular formula is C40H45N3O7. The van der Waals surface area contributed by atoms with Gasteiger partial charge in [0.1, 0.15) is 35.6 Å². The number of fused-ring (bicyclic) bond motifs is 3. The van der Waals surface area contributed by atoms with Gasteiger partial charge >= 0.3 is 5.97 Å². The Morgan fingerprint density at radius 1 is 1.08 bits per heavy atom. The average molecular weight is 680 g/mol. The van der Waals surface area contributed by atoms with Crippen molar-refractivity contribution < 1.29 is 33.3 Å². The summed E-state index contributed by atoms with van der Waals surface area (Å²) in [6.45, 7) is 10.9. The van der Waals surface area contributed by atoms with Gasteiger partial charge in [0.25, 0.3) is 0 Å². The zero-order valence-electron chi connectivity index (χ0n) is 29.1. The fourth-order valence-corrected chi connectivity index (χ4v) is 6.31. The van der Waals surface area contributed by atoms with Crippen LogP contribution in [0.2, 0.25) is 0 Å². The molecule has 1 aliphatic heterocycles. The Labute approximate surface area is 292 Å². The van der Waals surface area contributed by atoms with E-state index >= 15 is 0 Å².